The molecule has 118 valence electrons. The van der Waals surface area contributed by atoms with Gasteiger partial charge in [-0.2, -0.15) is 8.42 Å². The highest BCUT2D eigenvalue weighted by Gasteiger charge is 2.35. The van der Waals surface area contributed by atoms with Crippen LogP contribution in [0, 0.1) is 0 Å². The van der Waals surface area contributed by atoms with Crippen molar-refractivity contribution < 1.29 is 32.0 Å². The summed E-state index contributed by atoms with van der Waals surface area (Å²) in [4.78, 5) is 23.0. The maximum atomic E-state index is 11.6. The summed E-state index contributed by atoms with van der Waals surface area (Å²) in [5.74, 6) is -1.98. The Hall–Kier alpha value is -1.15. The van der Waals surface area contributed by atoms with Gasteiger partial charge in [0.05, 0.1) is 19.6 Å². The summed E-state index contributed by atoms with van der Waals surface area (Å²) in [5.41, 5.74) is 0. The molecule has 0 aliphatic rings. The van der Waals surface area contributed by atoms with Crippen LogP contribution in [-0.2, 0) is 29.2 Å². The van der Waals surface area contributed by atoms with Crippen molar-refractivity contribution in [3.05, 3.63) is 0 Å². The highest BCUT2D eigenvalue weighted by molar-refractivity contribution is 7.87. The number of ether oxygens (including phenoxy) is 2. The minimum Gasteiger partial charge on any atom is -0.466 e. The molecule has 0 heterocycles. The van der Waals surface area contributed by atoms with Gasteiger partial charge in [0.1, 0.15) is 0 Å². The van der Waals surface area contributed by atoms with E-state index in [0.29, 0.717) is 12.8 Å². The van der Waals surface area contributed by atoms with Gasteiger partial charge in [-0.1, -0.05) is 26.7 Å². The highest BCUT2D eigenvalue weighted by atomic mass is 32.2. The SMILES string of the molecule is CCCCOC(=O)C[C@H](C(=O)OCCCC)S(=O)(=O)O. The molecule has 0 radical (unpaired) electrons. The lowest BCUT2D eigenvalue weighted by molar-refractivity contribution is -0.150. The molecular formula is C12H22O7S. The molecule has 0 amide bonds. The van der Waals surface area contributed by atoms with Crippen molar-refractivity contribution in [2.45, 2.75) is 51.2 Å². The molecule has 0 aliphatic carbocycles. The van der Waals surface area contributed by atoms with Crippen LogP contribution in [0.4, 0.5) is 0 Å². The molecule has 8 heteroatoms. The Morgan fingerprint density at radius 2 is 1.55 bits per heavy atom. The van der Waals surface area contributed by atoms with E-state index in [1.807, 2.05) is 13.8 Å². The van der Waals surface area contributed by atoms with Crippen LogP contribution in [0.3, 0.4) is 0 Å². The van der Waals surface area contributed by atoms with Crippen LogP contribution in [0.25, 0.3) is 0 Å². The second-order valence-corrected chi connectivity index (χ2v) is 5.90. The molecule has 0 fully saturated rings. The van der Waals surface area contributed by atoms with Gasteiger partial charge in [0.2, 0.25) is 0 Å². The Kier molecular flexibility index (Phi) is 9.15. The van der Waals surface area contributed by atoms with Crippen molar-refractivity contribution in [1.29, 1.82) is 0 Å². The van der Waals surface area contributed by atoms with Crippen molar-refractivity contribution >= 4 is 22.1 Å². The van der Waals surface area contributed by atoms with Crippen molar-refractivity contribution in [3.8, 4) is 0 Å². The van der Waals surface area contributed by atoms with Gasteiger partial charge in [-0.25, -0.2) is 0 Å². The molecule has 0 unspecified atom stereocenters. The first-order chi connectivity index (χ1) is 9.32. The van der Waals surface area contributed by atoms with E-state index in [9.17, 15) is 18.0 Å². The second-order valence-electron chi connectivity index (χ2n) is 4.30. The van der Waals surface area contributed by atoms with Crippen LogP contribution in [0.1, 0.15) is 46.0 Å². The average Bonchev–Trinajstić information content (AvgIpc) is 2.35. The molecule has 0 rings (SSSR count). The number of carbonyl (C=O) groups excluding carboxylic acids is 2. The van der Waals surface area contributed by atoms with Gasteiger partial charge in [0, 0.05) is 0 Å². The molecular weight excluding hydrogens is 288 g/mol. The topological polar surface area (TPSA) is 107 Å². The fourth-order valence-electron chi connectivity index (χ4n) is 1.26. The van der Waals surface area contributed by atoms with E-state index in [1.54, 1.807) is 0 Å². The van der Waals surface area contributed by atoms with E-state index >= 15 is 0 Å². The lowest BCUT2D eigenvalue weighted by Crippen LogP contribution is -2.34. The molecule has 0 aliphatic heterocycles. The maximum Gasteiger partial charge on any atom is 0.327 e. The van der Waals surface area contributed by atoms with Crippen LogP contribution < -0.4 is 0 Å². The van der Waals surface area contributed by atoms with E-state index in [-0.39, 0.29) is 13.2 Å². The predicted octanol–water partition coefficient (Wildman–Crippen LogP) is 1.32. The fourth-order valence-corrected chi connectivity index (χ4v) is 1.92. The Labute approximate surface area is 119 Å². The number of rotatable bonds is 10. The summed E-state index contributed by atoms with van der Waals surface area (Å²) < 4.78 is 40.7. The summed E-state index contributed by atoms with van der Waals surface area (Å²) in [5, 5.41) is -1.92. The third kappa shape index (κ3) is 8.11. The van der Waals surface area contributed by atoms with Crippen molar-refractivity contribution in [2.24, 2.45) is 0 Å². The Balaban J connectivity index is 4.50. The Morgan fingerprint density at radius 3 is 2.00 bits per heavy atom. The van der Waals surface area contributed by atoms with E-state index in [0.717, 1.165) is 12.8 Å². The smallest absolute Gasteiger partial charge is 0.327 e. The molecule has 0 aromatic heterocycles. The molecule has 0 saturated heterocycles. The zero-order chi connectivity index (χ0) is 15.6. The standard InChI is InChI=1S/C12H22O7S/c1-3-5-7-18-11(13)9-10(20(15,16)17)12(14)19-8-6-4-2/h10H,3-9H2,1-2H3,(H,15,16,17)/t10-/m1/s1. The number of unbranched alkanes of at least 4 members (excludes halogenated alkanes) is 2. The quantitative estimate of drug-likeness (QED) is 0.368. The van der Waals surface area contributed by atoms with Gasteiger partial charge in [0.25, 0.3) is 10.1 Å². The van der Waals surface area contributed by atoms with E-state index in [2.05, 4.69) is 0 Å². The zero-order valence-corrected chi connectivity index (χ0v) is 12.6. The lowest BCUT2D eigenvalue weighted by atomic mass is 10.3. The average molecular weight is 310 g/mol. The Bertz CT molecular complexity index is 402. The molecule has 1 N–H and O–H groups in total. The van der Waals surface area contributed by atoms with Gasteiger partial charge in [-0.15, -0.1) is 0 Å². The fraction of sp³-hybridized carbons (Fsp3) is 0.833. The number of carbonyl (C=O) groups is 2. The number of hydrogen-bond donors (Lipinski definition) is 1. The van der Waals surface area contributed by atoms with Crippen molar-refractivity contribution in [2.75, 3.05) is 13.2 Å². The van der Waals surface area contributed by atoms with Crippen LogP contribution in [-0.4, -0.2) is 43.4 Å². The molecule has 0 bridgehead atoms. The molecule has 7 nitrogen and oxygen atoms in total. The van der Waals surface area contributed by atoms with E-state index in [4.69, 9.17) is 14.0 Å². The van der Waals surface area contributed by atoms with E-state index in [1.165, 1.54) is 0 Å². The normalized spacial score (nSPS) is 12.8. The third-order valence-corrected chi connectivity index (χ3v) is 3.56. The van der Waals surface area contributed by atoms with Gasteiger partial charge < -0.3 is 9.47 Å². The maximum absolute atomic E-state index is 11.6. The summed E-state index contributed by atoms with van der Waals surface area (Å²) in [6.07, 6.45) is 2.05. The first kappa shape index (κ1) is 18.9. The summed E-state index contributed by atoms with van der Waals surface area (Å²) in [7, 11) is -4.70. The van der Waals surface area contributed by atoms with Crippen LogP contribution in [0.5, 0.6) is 0 Å². The molecule has 0 saturated carbocycles. The first-order valence-corrected chi connectivity index (χ1v) is 8.11. The highest BCUT2D eigenvalue weighted by Crippen LogP contribution is 2.09. The van der Waals surface area contributed by atoms with Crippen LogP contribution in [0.2, 0.25) is 0 Å². The van der Waals surface area contributed by atoms with Gasteiger partial charge in [-0.05, 0) is 12.8 Å². The Morgan fingerprint density at radius 1 is 1.05 bits per heavy atom. The lowest BCUT2D eigenvalue weighted by Gasteiger charge is -2.12. The zero-order valence-electron chi connectivity index (χ0n) is 11.8. The number of esters is 2. The molecule has 20 heavy (non-hydrogen) atoms. The monoisotopic (exact) mass is 310 g/mol. The van der Waals surface area contributed by atoms with Crippen LogP contribution in [0.15, 0.2) is 0 Å². The van der Waals surface area contributed by atoms with Crippen molar-refractivity contribution in [3.63, 3.8) is 0 Å². The summed E-state index contributed by atoms with van der Waals surface area (Å²) in [6, 6.07) is 0. The predicted molar refractivity (Wildman–Crippen MR) is 71.7 cm³/mol. The largest absolute Gasteiger partial charge is 0.466 e. The summed E-state index contributed by atoms with van der Waals surface area (Å²) >= 11 is 0. The molecule has 0 spiro atoms. The van der Waals surface area contributed by atoms with Crippen molar-refractivity contribution in [1.82, 2.24) is 0 Å². The second kappa shape index (κ2) is 9.71. The third-order valence-electron chi connectivity index (χ3n) is 2.48. The van der Waals surface area contributed by atoms with Gasteiger partial charge in [-0.3, -0.25) is 14.1 Å². The summed E-state index contributed by atoms with van der Waals surface area (Å²) in [6.45, 7) is 3.98. The molecule has 1 atom stereocenters. The molecule has 0 aromatic rings. The van der Waals surface area contributed by atoms with Crippen LogP contribution >= 0.6 is 0 Å². The van der Waals surface area contributed by atoms with E-state index < -0.39 is 33.7 Å². The first-order valence-electron chi connectivity index (χ1n) is 6.61. The van der Waals surface area contributed by atoms with Gasteiger partial charge in [0.15, 0.2) is 5.25 Å². The van der Waals surface area contributed by atoms with Gasteiger partial charge >= 0.3 is 11.9 Å². The minimum absolute atomic E-state index is 0.0479. The molecule has 0 aromatic carbocycles. The minimum atomic E-state index is -4.70. The number of hydrogen-bond acceptors (Lipinski definition) is 6.